The number of pyridine rings is 1. The van der Waals surface area contributed by atoms with Gasteiger partial charge in [0.05, 0.1) is 57.8 Å². The molecule has 1 fully saturated rings. The van der Waals surface area contributed by atoms with E-state index in [2.05, 4.69) is 186 Å². The first-order chi connectivity index (χ1) is 53.3. The van der Waals surface area contributed by atoms with Crippen LogP contribution in [0.25, 0.3) is 66.6 Å². The Morgan fingerprint density at radius 2 is 0.821 bits per heavy atom. The van der Waals surface area contributed by atoms with Crippen molar-refractivity contribution >= 4 is 44.8 Å². The zero-order valence-corrected chi connectivity index (χ0v) is 63.3. The molecule has 112 heavy (non-hydrogen) atoms. The number of aromatic nitrogens is 1. The van der Waals surface area contributed by atoms with Crippen molar-refractivity contribution < 1.29 is 68.1 Å². The van der Waals surface area contributed by atoms with Crippen molar-refractivity contribution in [3.05, 3.63) is 284 Å². The minimum Gasteiger partial charge on any atom is -0.490 e. The second-order valence-electron chi connectivity index (χ2n) is 28.3. The number of likely N-dealkylation sites (N-methyl/N-ethyl adjacent to an activating group) is 6. The normalized spacial score (nSPS) is 15.6. The fourth-order valence-corrected chi connectivity index (χ4v) is 17.0. The summed E-state index contributed by atoms with van der Waals surface area (Å²) in [5.41, 5.74) is 7.77. The average Bonchev–Trinajstić information content (AvgIpc) is 1.51. The summed E-state index contributed by atoms with van der Waals surface area (Å²) in [7, 11) is 19.2. The van der Waals surface area contributed by atoms with Crippen LogP contribution in [-0.4, -0.2) is 108 Å². The molecule has 1 saturated carbocycles. The monoisotopic (exact) mass is 1510 g/mol. The Morgan fingerprint density at radius 3 is 1.21 bits per heavy atom. The van der Waals surface area contributed by atoms with Gasteiger partial charge in [0.15, 0.2) is 69.8 Å². The molecule has 17 rings (SSSR count). The quantitative estimate of drug-likeness (QED) is 0.0530. The molecule has 0 amide bonds. The summed E-state index contributed by atoms with van der Waals surface area (Å²) in [4.78, 5) is 22.4. The van der Waals surface area contributed by atoms with Crippen LogP contribution in [-0.2, 0) is 0 Å². The fourth-order valence-electron chi connectivity index (χ4n) is 17.0. The minimum atomic E-state index is -2.36. The molecular weight excluding hydrogens is 1430 g/mol. The summed E-state index contributed by atoms with van der Waals surface area (Å²) >= 11 is 0. The molecule has 8 aliphatic rings. The predicted molar refractivity (Wildman–Crippen MR) is 411 cm³/mol. The van der Waals surface area contributed by atoms with Gasteiger partial charge >= 0.3 is 18.9 Å². The standard InChI is InChI=1S/C39H11F9N4.C22H28N4.C17H24N4.C10H9NO.Li/c1-14-31(40)33(42)29(34(43)32(14)41)15-2-4-19-21-8-26-22(9-25(21)27(23(19)6-15)17(10-49)11-50)20-5-3-16(7-24(20)28(26)18(12-51)13-52)30-35(44)37(46)39(48)38(47)36(30)45;1-23-17-11-5-6-12-18(17)24(2)21(23)15-9-10-16-22(21)25(3)19-13-7-8-14-20(19)26(22)4;1-18(2)14-6-10-20-8-5-9-21-11-7-15(19(3)4)13-17(21)16(20)12-14;1-12-9-6-2-4-8-5-3-7-11-10(8)9;/h2-9H,1H3;5-8,11-14H,9-10,15-16H2,1-4H3;6-7,10-13H,5,8-9H2,1-4H3;2-7H,1H3;/q;;;;+1/p+1. The van der Waals surface area contributed by atoms with Gasteiger partial charge in [-0.2, -0.15) is 21.0 Å². The average molecular weight is 1510 g/mol. The number of allylic oxidation sites excluding steroid dienone is 6. The van der Waals surface area contributed by atoms with Crippen LogP contribution in [0.4, 0.5) is 62.3 Å². The first-order valence-electron chi connectivity index (χ1n) is 35.7. The number of nitriles is 4. The smallest absolute Gasteiger partial charge is 0.490 e. The maximum absolute atomic E-state index is 15.1. The van der Waals surface area contributed by atoms with Crippen LogP contribution in [0.5, 0.6) is 5.75 Å². The van der Waals surface area contributed by atoms with Gasteiger partial charge in [0, 0.05) is 116 Å². The second kappa shape index (κ2) is 30.4. The van der Waals surface area contributed by atoms with Crippen LogP contribution in [0, 0.1) is 105 Å². The summed E-state index contributed by atoms with van der Waals surface area (Å²) in [5, 5.41) is 40.8. The number of rotatable bonds is 5. The molecule has 6 heterocycles. The summed E-state index contributed by atoms with van der Waals surface area (Å²) < 4.78 is 136. The van der Waals surface area contributed by atoms with E-state index in [1.807, 2.05) is 36.5 Å². The number of nitrogens with zero attached hydrogens (tertiary/aromatic N) is 12. The fraction of sp³-hybridized carbons (Fsp3) is 0.216. The van der Waals surface area contributed by atoms with Gasteiger partial charge in [0.25, 0.3) is 5.52 Å². The Kier molecular flexibility index (Phi) is 21.1. The van der Waals surface area contributed by atoms with E-state index in [1.165, 1.54) is 82.6 Å². The van der Waals surface area contributed by atoms with Gasteiger partial charge in [0.2, 0.25) is 5.82 Å². The number of methoxy groups -OCH3 is 1. The van der Waals surface area contributed by atoms with Crippen LogP contribution in [0.15, 0.2) is 204 Å². The van der Waals surface area contributed by atoms with Crippen LogP contribution in [0.3, 0.4) is 0 Å². The van der Waals surface area contributed by atoms with Gasteiger partial charge in [-0.3, -0.25) is 0 Å². The summed E-state index contributed by atoms with van der Waals surface area (Å²) in [6.07, 6.45) is 21.3. The van der Waals surface area contributed by atoms with Crippen LogP contribution in [0.2, 0.25) is 0 Å². The Balaban J connectivity index is 0.000000150. The Bertz CT molecular complexity index is 5390. The summed E-state index contributed by atoms with van der Waals surface area (Å²) in [5.74, 6) is -16.7. The molecule has 9 aromatic rings. The number of H-pyrrole nitrogens is 1. The van der Waals surface area contributed by atoms with E-state index in [9.17, 15) is 51.8 Å². The number of anilines is 4. The molecule has 8 aromatic carbocycles. The third-order valence-corrected chi connectivity index (χ3v) is 22.5. The van der Waals surface area contributed by atoms with Gasteiger partial charge in [-0.15, -0.1) is 0 Å². The van der Waals surface area contributed by atoms with Crippen LogP contribution in [0.1, 0.15) is 59.9 Å². The zero-order valence-electron chi connectivity index (χ0n) is 63.3. The van der Waals surface area contributed by atoms with Gasteiger partial charge in [-0.25, -0.2) is 44.5 Å². The van der Waals surface area contributed by atoms with Crippen molar-refractivity contribution in [2.45, 2.75) is 50.4 Å². The second-order valence-corrected chi connectivity index (χ2v) is 28.3. The van der Waals surface area contributed by atoms with Gasteiger partial charge in [-0.05, 0) is 186 Å². The molecule has 558 valence electrons. The number of fused-ring (bicyclic) bond motifs is 12. The Labute approximate surface area is 655 Å². The van der Waals surface area contributed by atoms with Gasteiger partial charge in [0.1, 0.15) is 35.4 Å². The first kappa shape index (κ1) is 77.6. The number of ether oxygens (including phenoxy) is 1. The van der Waals surface area contributed by atoms with Crippen molar-refractivity contribution in [1.82, 2.24) is 19.6 Å². The maximum Gasteiger partial charge on any atom is 1.00 e. The Morgan fingerprint density at radius 1 is 0.446 bits per heavy atom. The molecular formula is C88H73F9LiN13O+2. The van der Waals surface area contributed by atoms with Gasteiger partial charge in [-0.1, -0.05) is 54.6 Å². The van der Waals surface area contributed by atoms with E-state index >= 15 is 8.78 Å². The molecule has 24 heteroatoms. The van der Waals surface area contributed by atoms with Crippen molar-refractivity contribution in [2.75, 3.05) is 96.2 Å². The molecule has 3 aliphatic carbocycles. The van der Waals surface area contributed by atoms with Crippen molar-refractivity contribution in [3.8, 4) is 74.5 Å². The van der Waals surface area contributed by atoms with Crippen molar-refractivity contribution in [3.63, 3.8) is 0 Å². The number of aromatic amines is 1. The molecule has 5 aliphatic heterocycles. The number of benzene rings is 8. The third kappa shape index (κ3) is 12.2. The van der Waals surface area contributed by atoms with E-state index in [0.29, 0.717) is 0 Å². The van der Waals surface area contributed by atoms with Crippen LogP contribution >= 0.6 is 0 Å². The largest absolute Gasteiger partial charge is 1.00 e. The molecule has 0 unspecified atom stereocenters. The maximum atomic E-state index is 15.1. The van der Waals surface area contributed by atoms with Crippen molar-refractivity contribution in [2.24, 2.45) is 0 Å². The minimum absolute atomic E-state index is 0. The van der Waals surface area contributed by atoms with E-state index in [0.717, 1.165) is 80.2 Å². The van der Waals surface area contributed by atoms with E-state index in [1.54, 1.807) is 31.4 Å². The zero-order chi connectivity index (χ0) is 79.0. The first-order valence-corrected chi connectivity index (χ1v) is 35.7. The van der Waals surface area contributed by atoms with Crippen LogP contribution < -0.4 is 48.2 Å². The molecule has 0 saturated heterocycles. The van der Waals surface area contributed by atoms with E-state index < -0.39 is 85.8 Å². The topological polar surface area (TPSA) is 144 Å². The Hall–Kier alpha value is -12.5. The SMILES string of the molecule is CN(C)C1=CC2=C3C=C(N(C)C)C=CN3CCCN2C=C1.CN1c2ccccc2N(C)C12CCCCC21N(C)c2ccccc2N1C.COc1cccc2ccc[nH+]c12.Cc1c(F)c(F)c(-c2ccc3c(c2)C(=C(C#N)C#N)c2cc4c(cc2-3)C(=C(C#N)C#N)c2cc(-c3c(F)c(F)c(F)c(F)c3F)ccc2-4)c(F)c1F.[Li+]. The molecule has 0 atom stereocenters. The molecule has 1 aromatic heterocycles. The number of halogens is 9. The summed E-state index contributed by atoms with van der Waals surface area (Å²) in [6.45, 7) is 3.00. The molecule has 0 bridgehead atoms. The number of para-hydroxylation sites is 5. The molecule has 2 spiro atoms. The number of nitrogens with one attached hydrogen (secondary N) is 1. The van der Waals surface area contributed by atoms with Gasteiger partial charge < -0.3 is 43.9 Å². The molecule has 1 N–H and O–H groups in total. The number of hydrogen-bond acceptors (Lipinski definition) is 13. The third-order valence-electron chi connectivity index (χ3n) is 22.5. The summed E-state index contributed by atoms with van der Waals surface area (Å²) in [6, 6.07) is 44.7. The van der Waals surface area contributed by atoms with E-state index in [4.69, 9.17) is 4.74 Å². The molecule has 0 radical (unpaired) electrons. The van der Waals surface area contributed by atoms with E-state index in [-0.39, 0.29) is 91.4 Å². The molecule has 14 nitrogen and oxygen atoms in total. The number of hydrogen-bond donors (Lipinski definition) is 0. The predicted octanol–water partition coefficient (Wildman–Crippen LogP) is 15.2. The van der Waals surface area contributed by atoms with Crippen molar-refractivity contribution in [1.29, 1.82) is 21.0 Å².